The summed E-state index contributed by atoms with van der Waals surface area (Å²) in [7, 11) is 0. The van der Waals surface area contributed by atoms with Crippen LogP contribution >= 0.6 is 0 Å². The highest BCUT2D eigenvalue weighted by Gasteiger charge is 2.68. The molecule has 0 amide bonds. The lowest BCUT2D eigenvalue weighted by Gasteiger charge is -1.84. The summed E-state index contributed by atoms with van der Waals surface area (Å²) in [6, 6.07) is 7.03. The molecule has 9 aliphatic heterocycles. The minimum Gasteiger partial charge on any atom is -1.00 e. The van der Waals surface area contributed by atoms with Gasteiger partial charge in [0.15, 0.2) is 0 Å². The fourth-order valence-corrected chi connectivity index (χ4v) is 8.08. The molecule has 0 spiro atoms. The van der Waals surface area contributed by atoms with Gasteiger partial charge < -0.3 is 65.6 Å². The van der Waals surface area contributed by atoms with E-state index in [9.17, 15) is 0 Å². The summed E-state index contributed by atoms with van der Waals surface area (Å²) in [4.78, 5) is 5.85. The third-order valence-corrected chi connectivity index (χ3v) is 9.08. The van der Waals surface area contributed by atoms with Crippen LogP contribution in [0.25, 0.3) is 0 Å². The van der Waals surface area contributed by atoms with Crippen LogP contribution in [-0.4, -0.2) is 55.9 Å². The van der Waals surface area contributed by atoms with E-state index >= 15 is 0 Å². The Balaban J connectivity index is 0.0000000858. The van der Waals surface area contributed by atoms with E-state index < -0.39 is 0 Å². The maximum absolute atomic E-state index is 1.95. The normalized spacial score (nSPS) is 63.0. The number of hydrogen-bond acceptors (Lipinski definition) is 0. The van der Waals surface area contributed by atoms with Crippen molar-refractivity contribution in [1.29, 1.82) is 0 Å². The number of nitrogens with one attached hydrogen (secondary N) is 3. The molecule has 6 unspecified atom stereocenters. The number of hydrogen-bond donors (Lipinski definition) is 3. The quantitative estimate of drug-likeness (QED) is 0.259. The van der Waals surface area contributed by atoms with Gasteiger partial charge in [-0.25, -0.2) is 0 Å². The molecule has 12 rings (SSSR count). The molecule has 3 N–H and O–H groups in total. The summed E-state index contributed by atoms with van der Waals surface area (Å²) in [6.07, 6.45) is 9.50. The van der Waals surface area contributed by atoms with Gasteiger partial charge in [0.05, 0.1) is 19.6 Å². The van der Waals surface area contributed by atoms with Crippen molar-refractivity contribution < 1.29 is 65.6 Å². The van der Waals surface area contributed by atoms with Crippen LogP contribution in [0.4, 0.5) is 0 Å². The highest BCUT2D eigenvalue weighted by atomic mass is 79.9. The number of quaternary nitrogens is 3. The highest BCUT2D eigenvalue weighted by molar-refractivity contribution is 5.00. The molecule has 12 fully saturated rings. The first kappa shape index (κ1) is 18.7. The van der Waals surface area contributed by atoms with Crippen molar-refractivity contribution in [1.82, 2.24) is 0 Å². The van der Waals surface area contributed by atoms with E-state index in [-0.39, 0.29) is 50.9 Å². The van der Waals surface area contributed by atoms with E-state index in [4.69, 9.17) is 0 Å². The van der Waals surface area contributed by atoms with Crippen molar-refractivity contribution in [2.24, 2.45) is 17.8 Å². The molecule has 0 aromatic carbocycles. The summed E-state index contributed by atoms with van der Waals surface area (Å²) in [6.45, 7) is 4.61. The van der Waals surface area contributed by atoms with Crippen molar-refractivity contribution in [2.75, 3.05) is 19.6 Å². The van der Waals surface area contributed by atoms with Gasteiger partial charge >= 0.3 is 0 Å². The highest BCUT2D eigenvalue weighted by Crippen LogP contribution is 2.37. The molecule has 9 saturated heterocycles. The van der Waals surface area contributed by atoms with Crippen LogP contribution < -0.4 is 65.6 Å². The monoisotopic (exact) mass is 525 g/mol. The topological polar surface area (TPSA) is 13.3 Å². The largest absolute Gasteiger partial charge is 1.00 e. The van der Waals surface area contributed by atoms with Crippen LogP contribution in [0.15, 0.2) is 0 Å². The smallest absolute Gasteiger partial charge is 0.141 e. The molecule has 3 saturated carbocycles. The SMILES string of the molecule is C1C2CC3C1[NH+]3C2.C1C2CC3C1[NH+]3C2.C1C2CC3C1[NH+]3C2.[Br-].[Br-].[Br-]. The van der Waals surface area contributed by atoms with Gasteiger partial charge in [0, 0.05) is 56.3 Å². The summed E-state index contributed by atoms with van der Waals surface area (Å²) in [5.74, 6) is 3.51. The van der Waals surface area contributed by atoms with E-state index in [1.54, 1.807) is 38.5 Å². The molecule has 138 valence electrons. The van der Waals surface area contributed by atoms with Crippen LogP contribution in [0.5, 0.6) is 0 Å². The van der Waals surface area contributed by atoms with Gasteiger partial charge in [-0.15, -0.1) is 0 Å². The summed E-state index contributed by atoms with van der Waals surface area (Å²) in [5.41, 5.74) is 0. The molecule has 0 radical (unpaired) electrons. The van der Waals surface area contributed by atoms with E-state index in [2.05, 4.69) is 0 Å². The third-order valence-electron chi connectivity index (χ3n) is 9.08. The molecule has 9 heterocycles. The van der Waals surface area contributed by atoms with Crippen molar-refractivity contribution in [3.63, 3.8) is 0 Å². The van der Waals surface area contributed by atoms with Crippen LogP contribution in [0, 0.1) is 17.8 Å². The molecule has 6 heteroatoms. The molecule has 12 bridgehead atoms. The Labute approximate surface area is 177 Å². The van der Waals surface area contributed by atoms with E-state index in [1.165, 1.54) is 73.6 Å². The van der Waals surface area contributed by atoms with E-state index in [0.717, 1.165) is 0 Å². The lowest BCUT2D eigenvalue weighted by molar-refractivity contribution is -0.769. The third kappa shape index (κ3) is 2.56. The molecule has 0 aromatic rings. The second-order valence-electron chi connectivity index (χ2n) is 9.99. The average Bonchev–Trinajstić information content (AvgIpc) is 3.28. The second kappa shape index (κ2) is 6.16. The Morgan fingerprint density at radius 1 is 0.375 bits per heavy atom. The number of rotatable bonds is 0. The molecular weight excluding hydrogens is 498 g/mol. The summed E-state index contributed by atoms with van der Waals surface area (Å²) in [5, 5.41) is 0. The molecule has 12 aliphatic rings. The maximum Gasteiger partial charge on any atom is 0.141 e. The van der Waals surface area contributed by atoms with Gasteiger partial charge in [0.25, 0.3) is 0 Å². The number of halogens is 3. The second-order valence-corrected chi connectivity index (χ2v) is 9.99. The Hall–Kier alpha value is 1.32. The zero-order valence-electron chi connectivity index (χ0n) is 14.2. The Kier molecular flexibility index (Phi) is 4.80. The van der Waals surface area contributed by atoms with Gasteiger partial charge in [0.1, 0.15) is 36.3 Å². The standard InChI is InChI=1S/3C6H9N.3BrH/c3*1-4-2-6-5(1)7(6)3-4;;;/h3*4-6H,1-3H2;3*1H. The van der Waals surface area contributed by atoms with Crippen molar-refractivity contribution in [2.45, 2.75) is 74.8 Å². The van der Waals surface area contributed by atoms with E-state index in [1.807, 2.05) is 14.7 Å². The zero-order chi connectivity index (χ0) is 13.3. The van der Waals surface area contributed by atoms with Gasteiger partial charge in [-0.2, -0.15) is 0 Å². The predicted octanol–water partition coefficient (Wildman–Crippen LogP) is -11.9. The van der Waals surface area contributed by atoms with Gasteiger partial charge in [-0.1, -0.05) is 0 Å². The first-order chi connectivity index (χ1) is 10.3. The first-order valence-corrected chi connectivity index (χ1v) is 9.92. The van der Waals surface area contributed by atoms with Crippen LogP contribution in [0.3, 0.4) is 0 Å². The van der Waals surface area contributed by atoms with Crippen LogP contribution in [-0.2, 0) is 0 Å². The average molecular weight is 528 g/mol. The molecule has 6 atom stereocenters. The Morgan fingerprint density at radius 3 is 0.625 bits per heavy atom. The Bertz CT molecular complexity index is 359. The van der Waals surface area contributed by atoms with Gasteiger partial charge in [0.2, 0.25) is 0 Å². The van der Waals surface area contributed by atoms with Gasteiger partial charge in [-0.3, -0.25) is 0 Å². The minimum absolute atomic E-state index is 0. The lowest BCUT2D eigenvalue weighted by atomic mass is 10.2. The van der Waals surface area contributed by atoms with Gasteiger partial charge in [-0.05, 0) is 0 Å². The molecule has 3 nitrogen and oxygen atoms in total. The predicted molar refractivity (Wildman–Crippen MR) is 78.4 cm³/mol. The van der Waals surface area contributed by atoms with Crippen LogP contribution in [0.2, 0.25) is 0 Å². The molecule has 0 aromatic heterocycles. The Morgan fingerprint density at radius 2 is 0.583 bits per heavy atom. The van der Waals surface area contributed by atoms with Crippen molar-refractivity contribution in [3.8, 4) is 0 Å². The van der Waals surface area contributed by atoms with E-state index in [0.29, 0.717) is 0 Å². The fourth-order valence-electron chi connectivity index (χ4n) is 8.08. The fraction of sp³-hybridized carbons (Fsp3) is 1.00. The number of piperidine rings is 9. The minimum atomic E-state index is 0. The molecule has 3 aliphatic carbocycles. The van der Waals surface area contributed by atoms with Crippen LogP contribution in [0.1, 0.15) is 38.5 Å². The van der Waals surface area contributed by atoms with Crippen molar-refractivity contribution >= 4 is 0 Å². The molecule has 24 heavy (non-hydrogen) atoms. The summed E-state index contributed by atoms with van der Waals surface area (Å²) >= 11 is 0. The first-order valence-electron chi connectivity index (χ1n) is 9.92. The lowest BCUT2D eigenvalue weighted by Crippen LogP contribution is -3.00. The maximum atomic E-state index is 1.95. The van der Waals surface area contributed by atoms with Crippen molar-refractivity contribution in [3.05, 3.63) is 0 Å². The molecular formula is C18H30Br3N3. The zero-order valence-corrected chi connectivity index (χ0v) is 19.0. The summed E-state index contributed by atoms with van der Waals surface area (Å²) < 4.78 is 0.